The van der Waals surface area contributed by atoms with Crippen molar-refractivity contribution in [1.82, 2.24) is 4.98 Å². The average Bonchev–Trinajstić information content (AvgIpc) is 3.18. The maximum atomic E-state index is 12.7. The van der Waals surface area contributed by atoms with E-state index in [-0.39, 0.29) is 21.2 Å². The molecule has 0 atom stereocenters. The lowest BCUT2D eigenvalue weighted by atomic mass is 10.1. The van der Waals surface area contributed by atoms with Crippen LogP contribution in [0.1, 0.15) is 32.9 Å². The molecule has 3 rings (SSSR count). The van der Waals surface area contributed by atoms with Crippen molar-refractivity contribution in [1.29, 1.82) is 0 Å². The van der Waals surface area contributed by atoms with Crippen LogP contribution in [-0.4, -0.2) is 10.2 Å². The van der Waals surface area contributed by atoms with E-state index in [1.807, 2.05) is 0 Å². The highest BCUT2D eigenvalue weighted by atomic mass is 127. The lowest BCUT2D eigenvalue weighted by Gasteiger charge is -2.07. The molecule has 0 aliphatic heterocycles. The summed E-state index contributed by atoms with van der Waals surface area (Å²) in [6.07, 6.45) is -13.8. The zero-order valence-corrected chi connectivity index (χ0v) is 19.2. The zero-order valence-electron chi connectivity index (χ0n) is 16.2. The predicted molar refractivity (Wildman–Crippen MR) is 111 cm³/mol. The molecule has 0 N–H and O–H groups in total. The number of aromatic nitrogens is 1. The Bertz CT molecular complexity index is 1150. The second-order valence-corrected chi connectivity index (χ2v) is 7.46. The van der Waals surface area contributed by atoms with Crippen LogP contribution in [0.3, 0.4) is 0 Å². The topological polar surface area (TPSA) is 43.1 Å². The van der Waals surface area contributed by atoms with Crippen molar-refractivity contribution in [3.63, 3.8) is 0 Å². The van der Waals surface area contributed by atoms with Gasteiger partial charge in [0, 0.05) is 15.6 Å². The molecule has 1 heterocycles. The Kier molecular flexibility index (Phi) is 8.67. The molecule has 14 heteroatoms. The first-order valence-electron chi connectivity index (χ1n) is 8.71. The number of halogens is 11. The number of nitrogens with zero attached hydrogens (tertiary/aromatic N) is 1. The number of carbonyl (C=O) groups excluding carboxylic acids is 1. The van der Waals surface area contributed by atoms with Crippen LogP contribution in [0.5, 0.6) is 0 Å². The Morgan fingerprint density at radius 2 is 1.38 bits per heavy atom. The summed E-state index contributed by atoms with van der Waals surface area (Å²) in [5.74, 6) is -1.77. The first-order valence-corrected chi connectivity index (χ1v) is 10.6. The number of alkyl halides is 10. The standard InChI is InChI=1S/C12H6F6INO.C8H4ClF3O/c13-11(14,15)7-3-1-2-6(4-7)10-20-8(5-19)9(21-10)12(16,17)18;9-7(13)5-2-1-3-6(4-5)8(10,11)12/h1-4H,5H2;1-4H. The monoisotopic (exact) mass is 629 g/mol. The van der Waals surface area contributed by atoms with Gasteiger partial charge >= 0.3 is 18.5 Å². The molecule has 3 nitrogen and oxygen atoms in total. The third-order valence-corrected chi connectivity index (χ3v) is 4.88. The van der Waals surface area contributed by atoms with Crippen molar-refractivity contribution in [2.75, 3.05) is 0 Å². The van der Waals surface area contributed by atoms with Gasteiger partial charge in [-0.25, -0.2) is 4.98 Å². The van der Waals surface area contributed by atoms with E-state index >= 15 is 0 Å². The lowest BCUT2D eigenvalue weighted by Crippen LogP contribution is -2.06. The molecule has 0 fully saturated rings. The van der Waals surface area contributed by atoms with Gasteiger partial charge < -0.3 is 4.42 Å². The SMILES string of the molecule is FC(F)(F)c1cccc(-c2nc(CI)c(C(F)(F)F)o2)c1.O=C(Cl)c1cccc(C(F)(F)F)c1. The molecule has 0 unspecified atom stereocenters. The van der Waals surface area contributed by atoms with Gasteiger partial charge in [0.15, 0.2) is 0 Å². The second kappa shape index (κ2) is 10.5. The summed E-state index contributed by atoms with van der Waals surface area (Å²) >= 11 is 6.69. The summed E-state index contributed by atoms with van der Waals surface area (Å²) in [5, 5.41) is -0.897. The Morgan fingerprint density at radius 3 is 1.82 bits per heavy atom. The fraction of sp³-hybridized carbons (Fsp3) is 0.200. The third kappa shape index (κ3) is 7.35. The van der Waals surface area contributed by atoms with Crippen LogP contribution in [0.15, 0.2) is 52.9 Å². The number of hydrogen-bond donors (Lipinski definition) is 0. The normalized spacial score (nSPS) is 12.2. The lowest BCUT2D eigenvalue weighted by molar-refractivity contribution is -0.153. The van der Waals surface area contributed by atoms with Gasteiger partial charge in [-0.15, -0.1) is 0 Å². The number of carbonyl (C=O) groups is 1. The second-order valence-electron chi connectivity index (χ2n) is 6.36. The van der Waals surface area contributed by atoms with Crippen molar-refractivity contribution < 1.29 is 48.7 Å². The van der Waals surface area contributed by atoms with Crippen LogP contribution in [0.4, 0.5) is 39.5 Å². The smallest absolute Gasteiger partial charge is 0.431 e. The maximum Gasteiger partial charge on any atom is 0.451 e. The van der Waals surface area contributed by atoms with E-state index in [0.717, 1.165) is 30.3 Å². The number of rotatable bonds is 3. The van der Waals surface area contributed by atoms with E-state index in [1.165, 1.54) is 12.1 Å². The van der Waals surface area contributed by atoms with Crippen LogP contribution in [0, 0.1) is 0 Å². The summed E-state index contributed by atoms with van der Waals surface area (Å²) in [7, 11) is 0. The van der Waals surface area contributed by atoms with Crippen LogP contribution < -0.4 is 0 Å². The summed E-state index contributed by atoms with van der Waals surface area (Å²) in [4.78, 5) is 14.1. The van der Waals surface area contributed by atoms with Crippen LogP contribution in [0.25, 0.3) is 11.5 Å². The molecule has 0 aliphatic carbocycles. The molecule has 1 aromatic heterocycles. The molecular formula is C20H10ClF9INO2. The van der Waals surface area contributed by atoms with Gasteiger partial charge in [0.1, 0.15) is 5.69 Å². The van der Waals surface area contributed by atoms with Crippen LogP contribution in [-0.2, 0) is 23.0 Å². The molecule has 0 spiro atoms. The molecular weight excluding hydrogens is 620 g/mol. The molecule has 184 valence electrons. The number of oxazole rings is 1. The molecule has 2 aromatic carbocycles. The largest absolute Gasteiger partial charge is 0.451 e. The molecule has 0 saturated heterocycles. The molecule has 0 aliphatic rings. The summed E-state index contributed by atoms with van der Waals surface area (Å²) in [6.45, 7) is 0. The highest BCUT2D eigenvalue weighted by molar-refractivity contribution is 14.1. The minimum Gasteiger partial charge on any atom is -0.431 e. The molecule has 0 saturated carbocycles. The van der Waals surface area contributed by atoms with Crippen molar-refractivity contribution in [3.8, 4) is 11.5 Å². The van der Waals surface area contributed by atoms with Gasteiger partial charge in [-0.2, -0.15) is 39.5 Å². The van der Waals surface area contributed by atoms with Crippen molar-refractivity contribution >= 4 is 39.4 Å². The number of benzene rings is 2. The summed E-state index contributed by atoms with van der Waals surface area (Å²) in [6, 6.07) is 7.76. The van der Waals surface area contributed by atoms with Crippen LogP contribution >= 0.6 is 34.2 Å². The Labute approximate surface area is 204 Å². The first kappa shape index (κ1) is 28.0. The molecule has 34 heavy (non-hydrogen) atoms. The van der Waals surface area contributed by atoms with Gasteiger partial charge in [0.2, 0.25) is 11.7 Å². The minimum atomic E-state index is -4.74. The molecule has 0 radical (unpaired) electrons. The predicted octanol–water partition coefficient (Wildman–Crippen LogP) is 8.40. The van der Waals surface area contributed by atoms with Gasteiger partial charge in [0.05, 0.1) is 11.1 Å². The summed E-state index contributed by atoms with van der Waals surface area (Å²) in [5.41, 5.74) is -2.53. The fourth-order valence-corrected chi connectivity index (χ4v) is 3.07. The highest BCUT2D eigenvalue weighted by Crippen LogP contribution is 2.37. The Morgan fingerprint density at radius 1 is 0.853 bits per heavy atom. The molecule has 0 amide bonds. The van der Waals surface area contributed by atoms with Gasteiger partial charge in [-0.1, -0.05) is 40.8 Å². The van der Waals surface area contributed by atoms with E-state index in [1.54, 1.807) is 22.6 Å². The van der Waals surface area contributed by atoms with Crippen molar-refractivity contribution in [2.45, 2.75) is 23.0 Å². The van der Waals surface area contributed by atoms with Gasteiger partial charge in [-0.05, 0) is 41.9 Å². The summed E-state index contributed by atoms with van der Waals surface area (Å²) < 4.78 is 117. The van der Waals surface area contributed by atoms with Crippen molar-refractivity contribution in [3.05, 3.63) is 76.7 Å². The van der Waals surface area contributed by atoms with Crippen molar-refractivity contribution in [2.24, 2.45) is 0 Å². The first-order chi connectivity index (χ1) is 15.5. The maximum absolute atomic E-state index is 12.7. The third-order valence-electron chi connectivity index (χ3n) is 3.94. The minimum absolute atomic E-state index is 0.0743. The van der Waals surface area contributed by atoms with Crippen LogP contribution in [0.2, 0.25) is 0 Å². The van der Waals surface area contributed by atoms with E-state index in [4.69, 9.17) is 11.6 Å². The quantitative estimate of drug-likeness (QED) is 0.127. The fourth-order valence-electron chi connectivity index (χ4n) is 2.43. The number of hydrogen-bond acceptors (Lipinski definition) is 3. The molecule has 3 aromatic rings. The van der Waals surface area contributed by atoms with Gasteiger partial charge in [0.25, 0.3) is 5.24 Å². The van der Waals surface area contributed by atoms with E-state index in [9.17, 15) is 44.3 Å². The molecule has 0 bridgehead atoms. The average molecular weight is 630 g/mol. The Balaban J connectivity index is 0.000000270. The highest BCUT2D eigenvalue weighted by Gasteiger charge is 2.39. The van der Waals surface area contributed by atoms with Gasteiger partial charge in [-0.3, -0.25) is 4.79 Å². The Hall–Kier alpha value is -2.29. The van der Waals surface area contributed by atoms with E-state index < -0.39 is 46.5 Å². The van der Waals surface area contributed by atoms with E-state index in [2.05, 4.69) is 9.40 Å². The van der Waals surface area contributed by atoms with E-state index in [0.29, 0.717) is 6.07 Å². The zero-order chi connectivity index (χ0) is 25.9.